The van der Waals surface area contributed by atoms with Gasteiger partial charge in [-0.25, -0.2) is 0 Å². The molecule has 0 spiro atoms. The summed E-state index contributed by atoms with van der Waals surface area (Å²) in [6, 6.07) is 1.28. The lowest BCUT2D eigenvalue weighted by molar-refractivity contribution is -0.0640. The van der Waals surface area contributed by atoms with Gasteiger partial charge in [0.2, 0.25) is 0 Å². The fraction of sp³-hybridized carbons (Fsp3) is 1.00. The fourth-order valence-corrected chi connectivity index (χ4v) is 2.44. The maximum Gasteiger partial charge on any atom is 0.0641 e. The molecular weight excluding hydrogens is 198 g/mol. The lowest BCUT2D eigenvalue weighted by Crippen LogP contribution is -2.46. The van der Waals surface area contributed by atoms with Crippen LogP contribution in [-0.2, 0) is 4.74 Å². The Kier molecular flexibility index (Phi) is 5.26. The number of rotatable bonds is 5. The Morgan fingerprint density at radius 1 is 1.25 bits per heavy atom. The van der Waals surface area contributed by atoms with E-state index in [4.69, 9.17) is 4.74 Å². The Labute approximate surface area is 101 Å². The van der Waals surface area contributed by atoms with Gasteiger partial charge in [0.05, 0.1) is 5.60 Å². The Bertz CT molecular complexity index is 201. The van der Waals surface area contributed by atoms with Crippen LogP contribution in [0.4, 0.5) is 0 Å². The van der Waals surface area contributed by atoms with Crippen LogP contribution in [0, 0.1) is 5.92 Å². The molecule has 2 heteroatoms. The first-order chi connectivity index (χ1) is 7.39. The van der Waals surface area contributed by atoms with E-state index in [0.717, 1.165) is 25.4 Å². The van der Waals surface area contributed by atoms with Gasteiger partial charge >= 0.3 is 0 Å². The van der Waals surface area contributed by atoms with Gasteiger partial charge in [0.1, 0.15) is 0 Å². The Hall–Kier alpha value is -0.0800. The van der Waals surface area contributed by atoms with Crippen molar-refractivity contribution in [3.05, 3.63) is 0 Å². The van der Waals surface area contributed by atoms with E-state index < -0.39 is 0 Å². The minimum Gasteiger partial charge on any atom is -0.375 e. The van der Waals surface area contributed by atoms with Crippen molar-refractivity contribution in [3.63, 3.8) is 0 Å². The van der Waals surface area contributed by atoms with E-state index in [1.54, 1.807) is 0 Å². The van der Waals surface area contributed by atoms with E-state index in [9.17, 15) is 0 Å². The fourth-order valence-electron chi connectivity index (χ4n) is 2.44. The second-order valence-electron chi connectivity index (χ2n) is 6.34. The number of nitrogens with one attached hydrogen (secondary N) is 1. The van der Waals surface area contributed by atoms with Gasteiger partial charge in [-0.2, -0.15) is 0 Å². The predicted molar refractivity (Wildman–Crippen MR) is 69.7 cm³/mol. The molecule has 1 rings (SSSR count). The van der Waals surface area contributed by atoms with Gasteiger partial charge in [-0.05, 0) is 52.4 Å². The van der Waals surface area contributed by atoms with E-state index in [-0.39, 0.29) is 5.60 Å². The van der Waals surface area contributed by atoms with Crippen LogP contribution in [0.1, 0.15) is 60.3 Å². The molecule has 1 N–H and O–H groups in total. The lowest BCUT2D eigenvalue weighted by atomic mass is 9.93. The van der Waals surface area contributed by atoms with Crippen LogP contribution in [0.2, 0.25) is 0 Å². The monoisotopic (exact) mass is 227 g/mol. The third-order valence-electron chi connectivity index (χ3n) is 3.39. The first kappa shape index (κ1) is 14.0. The maximum absolute atomic E-state index is 5.74. The van der Waals surface area contributed by atoms with E-state index in [0.29, 0.717) is 12.1 Å². The molecular formula is C14H29NO. The van der Waals surface area contributed by atoms with Crippen LogP contribution >= 0.6 is 0 Å². The molecule has 0 amide bonds. The van der Waals surface area contributed by atoms with Gasteiger partial charge < -0.3 is 10.1 Å². The zero-order valence-corrected chi connectivity index (χ0v) is 11.7. The third kappa shape index (κ3) is 5.31. The van der Waals surface area contributed by atoms with Crippen molar-refractivity contribution < 1.29 is 4.74 Å². The normalized spacial score (nSPS) is 27.0. The minimum absolute atomic E-state index is 0.0632. The molecule has 2 nitrogen and oxygen atoms in total. The molecule has 2 unspecified atom stereocenters. The molecule has 0 aromatic rings. The predicted octanol–water partition coefficient (Wildman–Crippen LogP) is 3.36. The average molecular weight is 227 g/mol. The van der Waals surface area contributed by atoms with Crippen LogP contribution in [0.15, 0.2) is 0 Å². The second-order valence-corrected chi connectivity index (χ2v) is 6.34. The van der Waals surface area contributed by atoms with Crippen LogP contribution in [0.3, 0.4) is 0 Å². The number of hydrogen-bond donors (Lipinski definition) is 1. The largest absolute Gasteiger partial charge is 0.375 e. The highest BCUT2D eigenvalue weighted by Crippen LogP contribution is 2.24. The molecule has 1 aliphatic rings. The van der Waals surface area contributed by atoms with E-state index in [1.165, 1.54) is 12.8 Å². The first-order valence-electron chi connectivity index (χ1n) is 6.79. The van der Waals surface area contributed by atoms with Gasteiger partial charge in [0.15, 0.2) is 0 Å². The maximum atomic E-state index is 5.74. The highest BCUT2D eigenvalue weighted by Gasteiger charge is 2.29. The molecule has 96 valence electrons. The van der Waals surface area contributed by atoms with Crippen LogP contribution < -0.4 is 5.32 Å². The number of ether oxygens (including phenoxy) is 1. The summed E-state index contributed by atoms with van der Waals surface area (Å²) < 4.78 is 5.74. The van der Waals surface area contributed by atoms with Crippen molar-refractivity contribution in [1.82, 2.24) is 5.32 Å². The van der Waals surface area contributed by atoms with Crippen molar-refractivity contribution in [3.8, 4) is 0 Å². The van der Waals surface area contributed by atoms with Gasteiger partial charge in [-0.15, -0.1) is 0 Å². The topological polar surface area (TPSA) is 21.3 Å². The Balaban J connectivity index is 2.25. The molecule has 0 radical (unpaired) electrons. The smallest absolute Gasteiger partial charge is 0.0641 e. The summed E-state index contributed by atoms with van der Waals surface area (Å²) in [5, 5.41) is 3.75. The summed E-state index contributed by atoms with van der Waals surface area (Å²) in [5.74, 6) is 0.815. The summed E-state index contributed by atoms with van der Waals surface area (Å²) in [4.78, 5) is 0. The minimum atomic E-state index is 0.0632. The van der Waals surface area contributed by atoms with E-state index >= 15 is 0 Å². The van der Waals surface area contributed by atoms with Gasteiger partial charge in [0.25, 0.3) is 0 Å². The lowest BCUT2D eigenvalue weighted by Gasteiger charge is -2.37. The molecule has 1 fully saturated rings. The van der Waals surface area contributed by atoms with Crippen LogP contribution in [-0.4, -0.2) is 24.3 Å². The molecule has 0 aliphatic carbocycles. The zero-order valence-electron chi connectivity index (χ0n) is 11.7. The summed E-state index contributed by atoms with van der Waals surface area (Å²) in [6.45, 7) is 12.2. The zero-order chi connectivity index (χ0) is 12.2. The Morgan fingerprint density at radius 3 is 2.50 bits per heavy atom. The van der Waals surface area contributed by atoms with Crippen molar-refractivity contribution in [1.29, 1.82) is 0 Å². The summed E-state index contributed by atoms with van der Waals surface area (Å²) in [7, 11) is 0. The summed E-state index contributed by atoms with van der Waals surface area (Å²) >= 11 is 0. The SMILES string of the molecule is CC(C)CCC(C)NC1CCOC(C)(C)C1. The van der Waals surface area contributed by atoms with E-state index in [2.05, 4.69) is 39.9 Å². The molecule has 0 saturated carbocycles. The second kappa shape index (κ2) is 6.02. The van der Waals surface area contributed by atoms with Crippen molar-refractivity contribution in [2.24, 2.45) is 5.92 Å². The van der Waals surface area contributed by atoms with Gasteiger partial charge in [0, 0.05) is 18.7 Å². The Morgan fingerprint density at radius 2 is 1.94 bits per heavy atom. The number of hydrogen-bond acceptors (Lipinski definition) is 2. The summed E-state index contributed by atoms with van der Waals surface area (Å²) in [5.41, 5.74) is 0.0632. The molecule has 1 heterocycles. The van der Waals surface area contributed by atoms with Gasteiger partial charge in [-0.1, -0.05) is 13.8 Å². The quantitative estimate of drug-likeness (QED) is 0.777. The van der Waals surface area contributed by atoms with Crippen molar-refractivity contribution >= 4 is 0 Å². The molecule has 0 aromatic carbocycles. The van der Waals surface area contributed by atoms with E-state index in [1.807, 2.05) is 0 Å². The molecule has 0 bridgehead atoms. The molecule has 16 heavy (non-hydrogen) atoms. The average Bonchev–Trinajstić information content (AvgIpc) is 2.13. The highest BCUT2D eigenvalue weighted by molar-refractivity contribution is 4.84. The molecule has 1 saturated heterocycles. The van der Waals surface area contributed by atoms with Gasteiger partial charge in [-0.3, -0.25) is 0 Å². The highest BCUT2D eigenvalue weighted by atomic mass is 16.5. The van der Waals surface area contributed by atoms with Crippen molar-refractivity contribution in [2.45, 2.75) is 78.0 Å². The first-order valence-corrected chi connectivity index (χ1v) is 6.79. The van der Waals surface area contributed by atoms with Crippen LogP contribution in [0.25, 0.3) is 0 Å². The molecule has 2 atom stereocenters. The molecule has 1 aliphatic heterocycles. The van der Waals surface area contributed by atoms with Crippen LogP contribution in [0.5, 0.6) is 0 Å². The third-order valence-corrected chi connectivity index (χ3v) is 3.39. The molecule has 0 aromatic heterocycles. The standard InChI is InChI=1S/C14H29NO/c1-11(2)6-7-12(3)15-13-8-9-16-14(4,5)10-13/h11-13,15H,6-10H2,1-5H3. The van der Waals surface area contributed by atoms with Crippen molar-refractivity contribution in [2.75, 3.05) is 6.61 Å². The summed E-state index contributed by atoms with van der Waals surface area (Å²) in [6.07, 6.45) is 4.91.